The molecule has 1 saturated carbocycles. The van der Waals surface area contributed by atoms with Gasteiger partial charge in [-0.1, -0.05) is 42.5 Å². The van der Waals surface area contributed by atoms with Gasteiger partial charge >= 0.3 is 0 Å². The number of amides is 1. The highest BCUT2D eigenvalue weighted by atomic mass is 16.5. The number of guanidine groups is 1. The second-order valence-electron chi connectivity index (χ2n) is 8.33. The average Bonchev–Trinajstić information content (AvgIpc) is 2.82. The molecule has 1 aromatic rings. The molecule has 4 N–H and O–H groups in total. The molecule has 1 amide bonds. The van der Waals surface area contributed by atoms with Crippen molar-refractivity contribution in [3.63, 3.8) is 0 Å². The summed E-state index contributed by atoms with van der Waals surface area (Å²) in [5, 5.41) is 6.55. The first kappa shape index (κ1) is 22.7. The molecule has 166 valence electrons. The predicted octanol–water partition coefficient (Wildman–Crippen LogP) is 3.58. The number of hydrogen-bond donors (Lipinski definition) is 3. The summed E-state index contributed by atoms with van der Waals surface area (Å²) in [5.74, 6) is 1.38. The summed E-state index contributed by atoms with van der Waals surface area (Å²) in [6.07, 6.45) is 15.5. The van der Waals surface area contributed by atoms with E-state index in [2.05, 4.69) is 46.5 Å². The summed E-state index contributed by atoms with van der Waals surface area (Å²) in [5.41, 5.74) is 6.58. The number of para-hydroxylation sites is 1. The Hall–Kier alpha value is -3.02. The standard InChI is InChI=1S/C25H34N4O2/c1-3-17-27-24(26)29-20-13-15-25(16-14-20,19-9-5-4-6-10-19)18-28-23(30)21-11-7-8-12-22(21)31-2/h3-9,11-12,19-20H,1,10,13-18H2,2H3,(H,28,30)(H3,26,27,29). The molecular weight excluding hydrogens is 388 g/mol. The molecule has 1 fully saturated rings. The molecule has 1 atom stereocenters. The molecule has 0 aliphatic heterocycles. The van der Waals surface area contributed by atoms with Gasteiger partial charge in [0.25, 0.3) is 5.91 Å². The zero-order chi connectivity index (χ0) is 22.1. The minimum absolute atomic E-state index is 0.0180. The van der Waals surface area contributed by atoms with Crippen LogP contribution in [0.25, 0.3) is 0 Å². The Labute approximate surface area is 185 Å². The molecule has 3 rings (SSSR count). The SMILES string of the molecule is C=CCN=C(N)NC1CCC(CNC(=O)c2ccccc2OC)(C2C=CC=CC2)CC1. The quantitative estimate of drug-likeness (QED) is 0.339. The lowest BCUT2D eigenvalue weighted by Gasteiger charge is -2.45. The second kappa shape index (κ2) is 10.8. The minimum Gasteiger partial charge on any atom is -0.496 e. The number of ether oxygens (including phenoxy) is 1. The molecule has 31 heavy (non-hydrogen) atoms. The zero-order valence-corrected chi connectivity index (χ0v) is 18.3. The Morgan fingerprint density at radius 2 is 2.10 bits per heavy atom. The van der Waals surface area contributed by atoms with Crippen LogP contribution >= 0.6 is 0 Å². The highest BCUT2D eigenvalue weighted by molar-refractivity contribution is 5.96. The number of nitrogens with one attached hydrogen (secondary N) is 2. The highest BCUT2D eigenvalue weighted by Gasteiger charge is 2.41. The van der Waals surface area contributed by atoms with Crippen molar-refractivity contribution in [1.29, 1.82) is 0 Å². The van der Waals surface area contributed by atoms with Gasteiger partial charge in [0, 0.05) is 12.6 Å². The monoisotopic (exact) mass is 422 g/mol. The van der Waals surface area contributed by atoms with E-state index in [1.54, 1.807) is 19.3 Å². The number of carbonyl (C=O) groups excluding carboxylic acids is 1. The van der Waals surface area contributed by atoms with Gasteiger partial charge in [0.15, 0.2) is 5.96 Å². The van der Waals surface area contributed by atoms with Crippen LogP contribution in [-0.2, 0) is 0 Å². The molecular formula is C25H34N4O2. The molecule has 6 heteroatoms. The fraction of sp³-hybridized carbons (Fsp3) is 0.440. The minimum atomic E-state index is -0.0896. The number of aliphatic imine (C=N–C) groups is 1. The van der Waals surface area contributed by atoms with Gasteiger partial charge in [0.05, 0.1) is 19.2 Å². The van der Waals surface area contributed by atoms with Gasteiger partial charge in [0.1, 0.15) is 5.75 Å². The van der Waals surface area contributed by atoms with E-state index in [1.807, 2.05) is 18.2 Å². The number of nitrogens with zero attached hydrogens (tertiary/aromatic N) is 1. The molecule has 1 unspecified atom stereocenters. The van der Waals surface area contributed by atoms with E-state index >= 15 is 0 Å². The van der Waals surface area contributed by atoms with E-state index in [-0.39, 0.29) is 11.3 Å². The molecule has 0 radical (unpaired) electrons. The smallest absolute Gasteiger partial charge is 0.255 e. The van der Waals surface area contributed by atoms with Crippen LogP contribution in [0, 0.1) is 11.3 Å². The lowest BCUT2D eigenvalue weighted by Crippen LogP contribution is -2.49. The summed E-state index contributed by atoms with van der Waals surface area (Å²) < 4.78 is 5.36. The van der Waals surface area contributed by atoms with E-state index in [0.29, 0.717) is 42.3 Å². The first-order valence-electron chi connectivity index (χ1n) is 11.0. The van der Waals surface area contributed by atoms with Crippen LogP contribution in [0.3, 0.4) is 0 Å². The fourth-order valence-corrected chi connectivity index (χ4v) is 4.65. The Bertz CT molecular complexity index is 851. The van der Waals surface area contributed by atoms with E-state index in [1.165, 1.54) is 0 Å². The zero-order valence-electron chi connectivity index (χ0n) is 18.3. The van der Waals surface area contributed by atoms with Crippen molar-refractivity contribution >= 4 is 11.9 Å². The molecule has 0 aromatic heterocycles. The van der Waals surface area contributed by atoms with E-state index in [0.717, 1.165) is 32.1 Å². The third-order valence-corrected chi connectivity index (χ3v) is 6.44. The number of benzene rings is 1. The highest BCUT2D eigenvalue weighted by Crippen LogP contribution is 2.45. The molecule has 0 bridgehead atoms. The molecule has 0 saturated heterocycles. The Kier molecular flexibility index (Phi) is 7.93. The number of methoxy groups -OCH3 is 1. The van der Waals surface area contributed by atoms with Crippen LogP contribution in [-0.4, -0.2) is 38.1 Å². The van der Waals surface area contributed by atoms with Crippen molar-refractivity contribution in [2.24, 2.45) is 22.1 Å². The summed E-state index contributed by atoms with van der Waals surface area (Å²) in [7, 11) is 1.59. The molecule has 2 aliphatic rings. The van der Waals surface area contributed by atoms with Gasteiger partial charge in [-0.05, 0) is 55.6 Å². The van der Waals surface area contributed by atoms with Gasteiger partial charge < -0.3 is 21.1 Å². The van der Waals surface area contributed by atoms with Gasteiger partial charge in [-0.15, -0.1) is 6.58 Å². The normalized spacial score (nSPS) is 25.6. The van der Waals surface area contributed by atoms with E-state index in [9.17, 15) is 4.79 Å². The second-order valence-corrected chi connectivity index (χ2v) is 8.33. The first-order chi connectivity index (χ1) is 15.1. The molecule has 1 aromatic carbocycles. The predicted molar refractivity (Wildman–Crippen MR) is 126 cm³/mol. The van der Waals surface area contributed by atoms with E-state index < -0.39 is 0 Å². The maximum absolute atomic E-state index is 12.9. The molecule has 6 nitrogen and oxygen atoms in total. The van der Waals surface area contributed by atoms with Gasteiger partial charge in [-0.2, -0.15) is 0 Å². The van der Waals surface area contributed by atoms with E-state index in [4.69, 9.17) is 10.5 Å². The maximum atomic E-state index is 12.9. The third-order valence-electron chi connectivity index (χ3n) is 6.44. The summed E-state index contributed by atoms with van der Waals surface area (Å²) >= 11 is 0. The summed E-state index contributed by atoms with van der Waals surface area (Å²) in [4.78, 5) is 17.2. The molecule has 0 heterocycles. The first-order valence-corrected chi connectivity index (χ1v) is 11.0. The topological polar surface area (TPSA) is 88.7 Å². The van der Waals surface area contributed by atoms with Crippen LogP contribution in [0.5, 0.6) is 5.75 Å². The van der Waals surface area contributed by atoms with Crippen LogP contribution in [0.15, 0.2) is 66.2 Å². The average molecular weight is 423 g/mol. The van der Waals surface area contributed by atoms with Crippen molar-refractivity contribution in [1.82, 2.24) is 10.6 Å². The lowest BCUT2D eigenvalue weighted by atomic mass is 9.63. The number of allylic oxidation sites excluding steroid dienone is 4. The van der Waals surface area contributed by atoms with Crippen LogP contribution in [0.4, 0.5) is 0 Å². The molecule has 2 aliphatic carbocycles. The Balaban J connectivity index is 1.68. The van der Waals surface area contributed by atoms with Crippen molar-refractivity contribution in [3.05, 3.63) is 66.8 Å². The largest absolute Gasteiger partial charge is 0.496 e. The number of carbonyl (C=O) groups is 1. The van der Waals surface area contributed by atoms with Gasteiger partial charge in [-0.25, -0.2) is 4.99 Å². The fourth-order valence-electron chi connectivity index (χ4n) is 4.65. The van der Waals surface area contributed by atoms with Crippen LogP contribution < -0.4 is 21.1 Å². The Morgan fingerprint density at radius 3 is 2.77 bits per heavy atom. The number of nitrogens with two attached hydrogens (primary N) is 1. The number of rotatable bonds is 8. The van der Waals surface area contributed by atoms with Gasteiger partial charge in [-0.3, -0.25) is 4.79 Å². The maximum Gasteiger partial charge on any atom is 0.255 e. The summed E-state index contributed by atoms with van der Waals surface area (Å²) in [6.45, 7) is 4.83. The Morgan fingerprint density at radius 1 is 1.32 bits per heavy atom. The summed E-state index contributed by atoms with van der Waals surface area (Å²) in [6, 6.07) is 7.64. The van der Waals surface area contributed by atoms with Crippen LogP contribution in [0.1, 0.15) is 42.5 Å². The van der Waals surface area contributed by atoms with Crippen molar-refractivity contribution in [2.75, 3.05) is 20.2 Å². The number of hydrogen-bond acceptors (Lipinski definition) is 3. The van der Waals surface area contributed by atoms with Crippen LogP contribution in [0.2, 0.25) is 0 Å². The third kappa shape index (κ3) is 5.78. The van der Waals surface area contributed by atoms with Gasteiger partial charge in [0.2, 0.25) is 0 Å². The lowest BCUT2D eigenvalue weighted by molar-refractivity contribution is 0.0821. The van der Waals surface area contributed by atoms with Crippen molar-refractivity contribution in [3.8, 4) is 5.75 Å². The van der Waals surface area contributed by atoms with Crippen molar-refractivity contribution < 1.29 is 9.53 Å². The molecule has 0 spiro atoms. The van der Waals surface area contributed by atoms with Crippen molar-refractivity contribution in [2.45, 2.75) is 38.1 Å².